The minimum absolute atomic E-state index is 0.0142. The molecule has 1 spiro atoms. The number of hydrogen-bond acceptors (Lipinski definition) is 7. The lowest BCUT2D eigenvalue weighted by atomic mass is 9.68. The van der Waals surface area contributed by atoms with Crippen LogP contribution in [0.25, 0.3) is 0 Å². The number of carboxylic acid groups (broad SMARTS) is 1. The third-order valence-electron chi connectivity index (χ3n) is 10.5. The Labute approximate surface area is 275 Å². The Hall–Kier alpha value is -3.56. The number of methoxy groups -OCH3 is 1. The van der Waals surface area contributed by atoms with Crippen molar-refractivity contribution in [2.75, 3.05) is 51.9 Å². The third-order valence-corrected chi connectivity index (χ3v) is 10.7. The van der Waals surface area contributed by atoms with Crippen LogP contribution in [0, 0.1) is 11.8 Å². The van der Waals surface area contributed by atoms with Gasteiger partial charge in [0.05, 0.1) is 31.4 Å². The quantitative estimate of drug-likeness (QED) is 0.348. The van der Waals surface area contributed by atoms with Crippen molar-refractivity contribution in [3.8, 4) is 5.75 Å². The van der Waals surface area contributed by atoms with E-state index in [1.54, 1.807) is 11.9 Å². The van der Waals surface area contributed by atoms with Crippen LogP contribution in [0.2, 0.25) is 5.02 Å². The maximum absolute atomic E-state index is 13.3. The van der Waals surface area contributed by atoms with Crippen molar-refractivity contribution in [3.63, 3.8) is 0 Å². The van der Waals surface area contributed by atoms with E-state index in [0.717, 1.165) is 55.1 Å². The van der Waals surface area contributed by atoms with Gasteiger partial charge in [-0.3, -0.25) is 9.59 Å². The molecule has 2 heterocycles. The zero-order valence-corrected chi connectivity index (χ0v) is 27.3. The summed E-state index contributed by atoms with van der Waals surface area (Å²) in [7, 11) is 3.09. The van der Waals surface area contributed by atoms with E-state index in [4.69, 9.17) is 25.8 Å². The van der Waals surface area contributed by atoms with Gasteiger partial charge >= 0.3 is 11.9 Å². The molecule has 0 unspecified atom stereocenters. The summed E-state index contributed by atoms with van der Waals surface area (Å²) in [6.45, 7) is 2.04. The van der Waals surface area contributed by atoms with Gasteiger partial charge in [0.1, 0.15) is 12.4 Å². The first-order valence-corrected chi connectivity index (χ1v) is 16.7. The Kier molecular flexibility index (Phi) is 9.62. The summed E-state index contributed by atoms with van der Waals surface area (Å²) < 4.78 is 17.8. The number of carbonyl (C=O) groups is 3. The normalized spacial score (nSPS) is 28.6. The van der Waals surface area contributed by atoms with E-state index >= 15 is 0 Å². The number of ether oxygens (including phenoxy) is 3. The Morgan fingerprint density at radius 1 is 1.17 bits per heavy atom. The number of rotatable bonds is 4. The number of aliphatic carboxylic acids is 1. The second-order valence-corrected chi connectivity index (χ2v) is 13.8. The van der Waals surface area contributed by atoms with Crippen LogP contribution >= 0.6 is 11.6 Å². The SMILES string of the molecule is COC(=O)[C@@H]1CC(=O)N(C)CC/C=C\[C@H](OCC(=O)O)[C@@H]2CC[C@@H]2CN2C[C@@]3(CCCc4cc(Cl)ccc43)COc3ccc1cc32. The molecule has 1 amide bonds. The van der Waals surface area contributed by atoms with Gasteiger partial charge in [0.15, 0.2) is 0 Å². The first-order valence-electron chi connectivity index (χ1n) is 16.3. The van der Waals surface area contributed by atoms with Crippen molar-refractivity contribution < 1.29 is 33.7 Å². The molecule has 10 heteroatoms. The molecule has 5 atom stereocenters. The van der Waals surface area contributed by atoms with Crippen LogP contribution in [0.5, 0.6) is 5.75 Å². The fourth-order valence-corrected chi connectivity index (χ4v) is 8.00. The molecule has 4 aliphatic rings. The summed E-state index contributed by atoms with van der Waals surface area (Å²) in [6.07, 6.45) is 9.08. The first-order chi connectivity index (χ1) is 22.2. The van der Waals surface area contributed by atoms with Crippen molar-refractivity contribution in [2.24, 2.45) is 11.8 Å². The van der Waals surface area contributed by atoms with Gasteiger partial charge in [-0.2, -0.15) is 0 Å². The summed E-state index contributed by atoms with van der Waals surface area (Å²) >= 11 is 6.43. The maximum Gasteiger partial charge on any atom is 0.329 e. The third kappa shape index (κ3) is 6.63. The number of amides is 1. The number of benzene rings is 2. The number of halogens is 1. The van der Waals surface area contributed by atoms with Crippen molar-refractivity contribution >= 4 is 35.1 Å². The molecule has 1 N–H and O–H groups in total. The second-order valence-electron chi connectivity index (χ2n) is 13.3. The van der Waals surface area contributed by atoms with Gasteiger partial charge < -0.3 is 29.1 Å². The molecule has 1 saturated carbocycles. The highest BCUT2D eigenvalue weighted by molar-refractivity contribution is 6.30. The summed E-state index contributed by atoms with van der Waals surface area (Å²) in [4.78, 5) is 42.0. The lowest BCUT2D eigenvalue weighted by Gasteiger charge is -2.46. The van der Waals surface area contributed by atoms with Gasteiger partial charge in [-0.1, -0.05) is 35.9 Å². The Morgan fingerprint density at radius 3 is 2.78 bits per heavy atom. The van der Waals surface area contributed by atoms with Gasteiger partial charge in [0.25, 0.3) is 0 Å². The molecular weight excluding hydrogens is 608 g/mol. The maximum atomic E-state index is 13.3. The first kappa shape index (κ1) is 32.4. The van der Waals surface area contributed by atoms with Crippen LogP contribution in [0.1, 0.15) is 61.1 Å². The van der Waals surface area contributed by atoms with E-state index < -0.39 is 17.9 Å². The van der Waals surface area contributed by atoms with Crippen LogP contribution in [0.4, 0.5) is 5.69 Å². The van der Waals surface area contributed by atoms with Crippen LogP contribution in [0.15, 0.2) is 48.6 Å². The predicted molar refractivity (Wildman–Crippen MR) is 175 cm³/mol. The van der Waals surface area contributed by atoms with Gasteiger partial charge in [0.2, 0.25) is 5.91 Å². The molecule has 0 saturated heterocycles. The van der Waals surface area contributed by atoms with Gasteiger partial charge in [-0.25, -0.2) is 4.79 Å². The van der Waals surface area contributed by atoms with Crippen LogP contribution in [-0.4, -0.2) is 81.0 Å². The Bertz CT molecular complexity index is 1510. The molecule has 2 bridgehead atoms. The standard InChI is InChI=1S/C36H43ClN2O7/c1-38-15-4-3-7-31(45-20-34(41)42)27-11-8-25(27)19-39-21-36(14-5-6-24-16-26(37)10-12-29(24)36)22-46-32-13-9-23(17-30(32)39)28(18-33(38)40)35(43)44-2/h3,7,9-10,12-13,16-17,25,27-28,31H,4-6,8,11,14-15,18-22H2,1-2H3,(H,41,42)/b7-3-/t25-,27-,28-,31+,36+/m1/s1. The minimum atomic E-state index is -0.994. The van der Waals surface area contributed by atoms with E-state index in [9.17, 15) is 19.5 Å². The van der Waals surface area contributed by atoms with Crippen molar-refractivity contribution in [1.82, 2.24) is 4.90 Å². The van der Waals surface area contributed by atoms with E-state index in [-0.39, 0.29) is 42.3 Å². The fourth-order valence-electron chi connectivity index (χ4n) is 7.81. The Balaban J connectivity index is 1.43. The Morgan fingerprint density at radius 2 is 2.02 bits per heavy atom. The summed E-state index contributed by atoms with van der Waals surface area (Å²) in [5.41, 5.74) is 3.86. The molecule has 2 aliphatic heterocycles. The van der Waals surface area contributed by atoms with E-state index in [1.165, 1.54) is 18.2 Å². The monoisotopic (exact) mass is 650 g/mol. The van der Waals surface area contributed by atoms with Crippen LogP contribution in [-0.2, 0) is 35.7 Å². The number of anilines is 1. The summed E-state index contributed by atoms with van der Waals surface area (Å²) in [5.74, 6) is -1.21. The van der Waals surface area contributed by atoms with E-state index in [2.05, 4.69) is 17.0 Å². The van der Waals surface area contributed by atoms with Crippen molar-refractivity contribution in [1.29, 1.82) is 0 Å². The fraction of sp³-hybridized carbons (Fsp3) is 0.528. The predicted octanol–water partition coefficient (Wildman–Crippen LogP) is 5.37. The molecule has 9 nitrogen and oxygen atoms in total. The molecule has 1 fully saturated rings. The highest BCUT2D eigenvalue weighted by atomic mass is 35.5. The molecule has 246 valence electrons. The van der Waals surface area contributed by atoms with Crippen LogP contribution < -0.4 is 9.64 Å². The lowest BCUT2D eigenvalue weighted by Crippen LogP contribution is -2.49. The molecule has 6 rings (SSSR count). The smallest absolute Gasteiger partial charge is 0.329 e. The summed E-state index contributed by atoms with van der Waals surface area (Å²) in [6, 6.07) is 12.0. The van der Waals surface area contributed by atoms with Gasteiger partial charge in [-0.05, 0) is 91.3 Å². The number of fused-ring (bicyclic) bond motifs is 4. The average Bonchev–Trinajstić information content (AvgIpc) is 3.18. The molecule has 2 aromatic carbocycles. The highest BCUT2D eigenvalue weighted by Gasteiger charge is 2.44. The van der Waals surface area contributed by atoms with Gasteiger partial charge in [0, 0.05) is 43.5 Å². The summed E-state index contributed by atoms with van der Waals surface area (Å²) in [5, 5.41) is 10.1. The van der Waals surface area contributed by atoms with E-state index in [0.29, 0.717) is 31.7 Å². The topological polar surface area (TPSA) is 106 Å². The second kappa shape index (κ2) is 13.7. The van der Waals surface area contributed by atoms with E-state index in [1.807, 2.05) is 36.4 Å². The number of carboxylic acids is 1. The molecule has 46 heavy (non-hydrogen) atoms. The average molecular weight is 651 g/mol. The molecule has 2 aromatic rings. The van der Waals surface area contributed by atoms with Crippen molar-refractivity contribution in [2.45, 2.75) is 62.4 Å². The number of nitrogens with zero attached hydrogens (tertiary/aromatic N) is 2. The number of esters is 1. The van der Waals surface area contributed by atoms with Gasteiger partial charge in [-0.15, -0.1) is 0 Å². The number of carbonyl (C=O) groups excluding carboxylic acids is 2. The minimum Gasteiger partial charge on any atom is -0.490 e. The largest absolute Gasteiger partial charge is 0.490 e. The number of hydrogen-bond donors (Lipinski definition) is 1. The zero-order valence-electron chi connectivity index (χ0n) is 26.6. The molecular formula is C36H43ClN2O7. The van der Waals surface area contributed by atoms with Crippen molar-refractivity contribution in [3.05, 3.63) is 70.3 Å². The molecule has 0 aromatic heterocycles. The molecule has 2 aliphatic carbocycles. The molecule has 0 radical (unpaired) electrons. The number of aryl methyl sites for hydroxylation is 1. The lowest BCUT2D eigenvalue weighted by molar-refractivity contribution is -0.146. The zero-order chi connectivity index (χ0) is 32.4. The van der Waals surface area contributed by atoms with Crippen LogP contribution in [0.3, 0.4) is 0 Å². The highest BCUT2D eigenvalue weighted by Crippen LogP contribution is 2.47.